The third kappa shape index (κ3) is 4.69. The number of benzene rings is 1. The molecule has 1 saturated heterocycles. The minimum Gasteiger partial charge on any atom is -0.475 e. The van der Waals surface area contributed by atoms with Gasteiger partial charge in [0.25, 0.3) is 11.8 Å². The Morgan fingerprint density at radius 1 is 1.31 bits per heavy atom. The molecule has 1 aliphatic rings. The molecule has 1 amide bonds. The molecule has 4 aromatic rings. The highest BCUT2D eigenvalue weighted by molar-refractivity contribution is 6.04. The number of aryl methyl sites for hydroxylation is 1. The van der Waals surface area contributed by atoms with E-state index in [-0.39, 0.29) is 23.7 Å². The van der Waals surface area contributed by atoms with Crippen LogP contribution in [0.3, 0.4) is 0 Å². The molecule has 3 aromatic heterocycles. The number of halogens is 2. The van der Waals surface area contributed by atoms with Crippen LogP contribution in [0.4, 0.5) is 14.5 Å². The average Bonchev–Trinajstić information content (AvgIpc) is 3.52. The lowest BCUT2D eigenvalue weighted by Crippen LogP contribution is -2.19. The van der Waals surface area contributed by atoms with Crippen LogP contribution in [0.5, 0.6) is 5.88 Å². The number of aromatic nitrogens is 5. The Hall–Kier alpha value is -3.93. The van der Waals surface area contributed by atoms with E-state index in [1.54, 1.807) is 28.7 Å². The zero-order valence-electron chi connectivity index (χ0n) is 19.2. The van der Waals surface area contributed by atoms with E-state index < -0.39 is 24.9 Å². The minimum absolute atomic E-state index is 0.0383. The Morgan fingerprint density at radius 2 is 2.14 bits per heavy atom. The first-order valence-electron chi connectivity index (χ1n) is 11.1. The molecule has 2 N–H and O–H groups in total. The second-order valence-corrected chi connectivity index (χ2v) is 8.70. The Labute approximate surface area is 198 Å². The van der Waals surface area contributed by atoms with E-state index in [2.05, 4.69) is 30.7 Å². The van der Waals surface area contributed by atoms with Crippen molar-refractivity contribution in [1.82, 2.24) is 29.8 Å². The lowest BCUT2D eigenvalue weighted by Gasteiger charge is -2.10. The smallest absolute Gasteiger partial charge is 0.274 e. The van der Waals surface area contributed by atoms with Crippen molar-refractivity contribution in [2.45, 2.75) is 45.3 Å². The summed E-state index contributed by atoms with van der Waals surface area (Å²) in [4.78, 5) is 25.8. The topological polar surface area (TPSA) is 119 Å². The van der Waals surface area contributed by atoms with Crippen LogP contribution in [0, 0.1) is 6.92 Å². The Morgan fingerprint density at radius 3 is 2.89 bits per heavy atom. The summed E-state index contributed by atoms with van der Waals surface area (Å²) in [7, 11) is 0. The molecule has 182 valence electrons. The monoisotopic (exact) mass is 483 g/mol. The fraction of sp³-hybridized carbons (Fsp3) is 0.348. The van der Waals surface area contributed by atoms with Gasteiger partial charge >= 0.3 is 0 Å². The second-order valence-electron chi connectivity index (χ2n) is 8.70. The van der Waals surface area contributed by atoms with Crippen LogP contribution in [-0.4, -0.2) is 49.0 Å². The van der Waals surface area contributed by atoms with Crippen molar-refractivity contribution in [1.29, 1.82) is 0 Å². The lowest BCUT2D eigenvalue weighted by atomic mass is 10.1. The quantitative estimate of drug-likeness (QED) is 0.425. The average molecular weight is 483 g/mol. The first-order chi connectivity index (χ1) is 16.7. The van der Waals surface area contributed by atoms with Crippen molar-refractivity contribution >= 4 is 17.2 Å². The number of carbonyl (C=O) groups excluding carboxylic acids is 1. The summed E-state index contributed by atoms with van der Waals surface area (Å²) in [5.74, 6) is -2.43. The number of anilines is 1. The van der Waals surface area contributed by atoms with Crippen LogP contribution in [-0.2, 0) is 0 Å². The number of carbonyl (C=O) groups is 1. The van der Waals surface area contributed by atoms with Crippen LogP contribution in [0.15, 0.2) is 41.3 Å². The molecule has 1 aliphatic heterocycles. The molecule has 4 heterocycles. The highest BCUT2D eigenvalue weighted by Gasteiger charge is 2.42. The van der Waals surface area contributed by atoms with E-state index in [4.69, 9.17) is 9.26 Å². The molecule has 5 rings (SSSR count). The van der Waals surface area contributed by atoms with Crippen LogP contribution in [0.1, 0.15) is 48.3 Å². The Bertz CT molecular complexity index is 1400. The summed E-state index contributed by atoms with van der Waals surface area (Å²) in [6.07, 6.45) is 2.51. The predicted octanol–water partition coefficient (Wildman–Crippen LogP) is 3.80. The second kappa shape index (κ2) is 8.69. The fourth-order valence-corrected chi connectivity index (χ4v) is 3.81. The summed E-state index contributed by atoms with van der Waals surface area (Å²) < 4.78 is 39.4. The van der Waals surface area contributed by atoms with Gasteiger partial charge in [-0.3, -0.25) is 14.5 Å². The highest BCUT2D eigenvalue weighted by atomic mass is 19.3. The normalized spacial score (nSPS) is 17.3. The molecule has 0 radical (unpaired) electrons. The molecule has 1 atom stereocenters. The first kappa shape index (κ1) is 22.8. The molecule has 35 heavy (non-hydrogen) atoms. The van der Waals surface area contributed by atoms with E-state index >= 15 is 0 Å². The van der Waals surface area contributed by atoms with Gasteiger partial charge in [-0.2, -0.15) is 4.98 Å². The predicted molar refractivity (Wildman–Crippen MR) is 121 cm³/mol. The molecule has 0 saturated carbocycles. The van der Waals surface area contributed by atoms with Crippen LogP contribution >= 0.6 is 0 Å². The minimum atomic E-state index is -2.81. The number of hydrogen-bond acceptors (Lipinski definition) is 8. The SMILES string of the molecule is Cc1ccc(-c2noc([C@@H]3CC(F)(F)CN3)n2)cc1NC(=O)c1cnc2cc(OC(C)C)ncn12. The summed E-state index contributed by atoms with van der Waals surface area (Å²) in [6, 6.07) is 6.23. The summed E-state index contributed by atoms with van der Waals surface area (Å²) >= 11 is 0. The number of nitrogens with one attached hydrogen (secondary N) is 2. The van der Waals surface area contributed by atoms with Crippen molar-refractivity contribution in [3.8, 4) is 17.3 Å². The van der Waals surface area contributed by atoms with Gasteiger partial charge in [0.2, 0.25) is 17.6 Å². The molecule has 12 heteroatoms. The van der Waals surface area contributed by atoms with Gasteiger partial charge in [-0.05, 0) is 32.4 Å². The third-order valence-corrected chi connectivity index (χ3v) is 5.56. The van der Waals surface area contributed by atoms with Gasteiger partial charge in [0.1, 0.15) is 17.7 Å². The van der Waals surface area contributed by atoms with Crippen molar-refractivity contribution in [2.24, 2.45) is 0 Å². The van der Waals surface area contributed by atoms with E-state index in [0.717, 1.165) is 5.56 Å². The molecule has 0 bridgehead atoms. The largest absolute Gasteiger partial charge is 0.475 e. The summed E-state index contributed by atoms with van der Waals surface area (Å²) in [5.41, 5.74) is 2.73. The molecule has 1 aromatic carbocycles. The van der Waals surface area contributed by atoms with E-state index in [1.807, 2.05) is 20.8 Å². The number of fused-ring (bicyclic) bond motifs is 1. The van der Waals surface area contributed by atoms with Gasteiger partial charge in [-0.25, -0.2) is 18.7 Å². The fourth-order valence-electron chi connectivity index (χ4n) is 3.81. The van der Waals surface area contributed by atoms with Crippen molar-refractivity contribution in [3.05, 3.63) is 53.9 Å². The van der Waals surface area contributed by atoms with Gasteiger partial charge in [0, 0.05) is 23.7 Å². The van der Waals surface area contributed by atoms with Gasteiger partial charge in [-0.1, -0.05) is 17.3 Å². The van der Waals surface area contributed by atoms with Gasteiger partial charge in [0.15, 0.2) is 0 Å². The van der Waals surface area contributed by atoms with Gasteiger partial charge < -0.3 is 14.6 Å². The molecule has 1 fully saturated rings. The number of rotatable bonds is 6. The van der Waals surface area contributed by atoms with E-state index in [9.17, 15) is 13.6 Å². The number of nitrogens with zero attached hydrogens (tertiary/aromatic N) is 5. The van der Waals surface area contributed by atoms with Crippen LogP contribution < -0.4 is 15.4 Å². The van der Waals surface area contributed by atoms with Gasteiger partial charge in [-0.15, -0.1) is 0 Å². The maximum Gasteiger partial charge on any atom is 0.274 e. The maximum absolute atomic E-state index is 13.5. The molecular weight excluding hydrogens is 460 g/mol. The lowest BCUT2D eigenvalue weighted by molar-refractivity contribution is 0.0200. The van der Waals surface area contributed by atoms with Crippen molar-refractivity contribution in [2.75, 3.05) is 11.9 Å². The highest BCUT2D eigenvalue weighted by Crippen LogP contribution is 2.34. The standard InChI is InChI=1S/C23H23F2N7O3/c1-12(2)34-19-7-18-26-9-17(32(18)11-28-19)21(33)29-15-6-14(5-4-13(15)3)20-30-22(35-31-20)16-8-23(24,25)10-27-16/h4-7,9,11-12,16,27H,8,10H2,1-3H3,(H,29,33)/t16-/m0/s1. The molecule has 10 nitrogen and oxygen atoms in total. The molecule has 0 spiro atoms. The number of alkyl halides is 2. The van der Waals surface area contributed by atoms with Crippen molar-refractivity contribution in [3.63, 3.8) is 0 Å². The molecule has 0 unspecified atom stereocenters. The van der Waals surface area contributed by atoms with Crippen LogP contribution in [0.25, 0.3) is 17.0 Å². The third-order valence-electron chi connectivity index (χ3n) is 5.56. The number of imidazole rings is 1. The number of ether oxygens (including phenoxy) is 1. The van der Waals surface area contributed by atoms with E-state index in [0.29, 0.717) is 28.5 Å². The van der Waals surface area contributed by atoms with Gasteiger partial charge in [0.05, 0.1) is 24.9 Å². The Kier molecular flexibility index (Phi) is 5.67. The summed E-state index contributed by atoms with van der Waals surface area (Å²) in [5, 5.41) is 9.50. The zero-order chi connectivity index (χ0) is 24.7. The molecule has 0 aliphatic carbocycles. The number of amides is 1. The first-order valence-corrected chi connectivity index (χ1v) is 11.1. The Balaban J connectivity index is 1.36. The zero-order valence-corrected chi connectivity index (χ0v) is 19.2. The van der Waals surface area contributed by atoms with E-state index in [1.165, 1.54) is 12.5 Å². The van der Waals surface area contributed by atoms with Crippen molar-refractivity contribution < 1.29 is 22.8 Å². The van der Waals surface area contributed by atoms with Crippen LogP contribution in [0.2, 0.25) is 0 Å². The summed E-state index contributed by atoms with van der Waals surface area (Å²) in [6.45, 7) is 5.20. The maximum atomic E-state index is 13.5. The molecular formula is C23H23F2N7O3. The number of hydrogen-bond donors (Lipinski definition) is 2.